The van der Waals surface area contributed by atoms with Gasteiger partial charge in [0, 0.05) is 29.1 Å². The Morgan fingerprint density at radius 1 is 1.10 bits per heavy atom. The Labute approximate surface area is 173 Å². The molecule has 0 aliphatic rings. The fraction of sp³-hybridized carbons (Fsp3) is 0.136. The lowest BCUT2D eigenvalue weighted by atomic mass is 10.1. The molecule has 0 aliphatic carbocycles. The van der Waals surface area contributed by atoms with E-state index >= 15 is 0 Å². The Kier molecular flexibility index (Phi) is 4.25. The number of fused-ring (bicyclic) bond motifs is 2. The van der Waals surface area contributed by atoms with Gasteiger partial charge in [-0.15, -0.1) is 11.3 Å². The van der Waals surface area contributed by atoms with E-state index in [2.05, 4.69) is 22.1 Å². The van der Waals surface area contributed by atoms with E-state index in [0.29, 0.717) is 17.9 Å². The second-order valence-corrected chi connectivity index (χ2v) is 8.25. The SMILES string of the molecule is Cc1c(Cc2nc3c(ncn3C)c(=O)n2-c2ccc(F)c(F)c2)sc2ccccc12. The van der Waals surface area contributed by atoms with Crippen molar-refractivity contribution < 1.29 is 8.78 Å². The Balaban J connectivity index is 1.77. The van der Waals surface area contributed by atoms with Gasteiger partial charge >= 0.3 is 0 Å². The van der Waals surface area contributed by atoms with Gasteiger partial charge in [-0.3, -0.25) is 9.36 Å². The van der Waals surface area contributed by atoms with Crippen molar-refractivity contribution in [1.29, 1.82) is 0 Å². The summed E-state index contributed by atoms with van der Waals surface area (Å²) in [5.41, 5.74) is 1.55. The van der Waals surface area contributed by atoms with Gasteiger partial charge in [-0.05, 0) is 36.1 Å². The molecule has 0 unspecified atom stereocenters. The molecule has 0 aliphatic heterocycles. The molecule has 30 heavy (non-hydrogen) atoms. The molecule has 0 spiro atoms. The van der Waals surface area contributed by atoms with Crippen molar-refractivity contribution in [3.8, 4) is 5.69 Å². The number of hydrogen-bond donors (Lipinski definition) is 0. The van der Waals surface area contributed by atoms with Gasteiger partial charge in [-0.2, -0.15) is 0 Å². The van der Waals surface area contributed by atoms with Crippen LogP contribution in [0.5, 0.6) is 0 Å². The summed E-state index contributed by atoms with van der Waals surface area (Å²) in [5.74, 6) is -1.55. The van der Waals surface area contributed by atoms with E-state index in [1.54, 1.807) is 23.0 Å². The molecule has 0 atom stereocenters. The summed E-state index contributed by atoms with van der Waals surface area (Å²) in [6, 6.07) is 11.5. The average molecular weight is 422 g/mol. The number of imidazole rings is 1. The first-order valence-corrected chi connectivity index (χ1v) is 10.1. The Morgan fingerprint density at radius 2 is 1.90 bits per heavy atom. The second kappa shape index (κ2) is 6.84. The fourth-order valence-electron chi connectivity index (χ4n) is 3.65. The van der Waals surface area contributed by atoms with E-state index < -0.39 is 17.2 Å². The fourth-order valence-corrected chi connectivity index (χ4v) is 4.86. The van der Waals surface area contributed by atoms with Crippen molar-refractivity contribution in [2.75, 3.05) is 0 Å². The number of aromatic nitrogens is 4. The van der Waals surface area contributed by atoms with Gasteiger partial charge in [0.2, 0.25) is 0 Å². The number of nitrogens with zero attached hydrogens (tertiary/aromatic N) is 4. The molecule has 0 N–H and O–H groups in total. The number of hydrogen-bond acceptors (Lipinski definition) is 4. The summed E-state index contributed by atoms with van der Waals surface area (Å²) in [6.45, 7) is 2.04. The van der Waals surface area contributed by atoms with E-state index in [4.69, 9.17) is 0 Å². The van der Waals surface area contributed by atoms with E-state index in [-0.39, 0.29) is 11.2 Å². The normalized spacial score (nSPS) is 11.6. The lowest BCUT2D eigenvalue weighted by Crippen LogP contribution is -2.24. The van der Waals surface area contributed by atoms with Gasteiger partial charge in [0.15, 0.2) is 22.8 Å². The molecular formula is C22H16F2N4OS. The third kappa shape index (κ3) is 2.83. The summed E-state index contributed by atoms with van der Waals surface area (Å²) in [4.78, 5) is 23.1. The molecule has 2 aromatic carbocycles. The van der Waals surface area contributed by atoms with Crippen molar-refractivity contribution >= 4 is 32.6 Å². The van der Waals surface area contributed by atoms with Crippen LogP contribution in [0.15, 0.2) is 53.6 Å². The third-order valence-corrected chi connectivity index (χ3v) is 6.50. The van der Waals surface area contributed by atoms with Crippen LogP contribution in [0.3, 0.4) is 0 Å². The molecule has 5 nitrogen and oxygen atoms in total. The van der Waals surface area contributed by atoms with Crippen LogP contribution in [-0.4, -0.2) is 19.1 Å². The van der Waals surface area contributed by atoms with Crippen molar-refractivity contribution in [1.82, 2.24) is 19.1 Å². The Bertz CT molecular complexity index is 1500. The van der Waals surface area contributed by atoms with Gasteiger partial charge < -0.3 is 4.57 Å². The maximum atomic E-state index is 13.9. The molecule has 150 valence electrons. The predicted molar refractivity (Wildman–Crippen MR) is 113 cm³/mol. The number of benzene rings is 2. The first-order chi connectivity index (χ1) is 14.4. The largest absolute Gasteiger partial charge is 0.318 e. The molecule has 5 aromatic rings. The molecular weight excluding hydrogens is 406 g/mol. The van der Waals surface area contributed by atoms with Crippen molar-refractivity contribution in [3.05, 3.63) is 87.0 Å². The van der Waals surface area contributed by atoms with E-state index in [1.807, 2.05) is 19.1 Å². The first-order valence-electron chi connectivity index (χ1n) is 9.29. The monoisotopic (exact) mass is 422 g/mol. The van der Waals surface area contributed by atoms with Crippen LogP contribution in [-0.2, 0) is 13.5 Å². The van der Waals surface area contributed by atoms with Gasteiger partial charge in [0.05, 0.1) is 12.0 Å². The van der Waals surface area contributed by atoms with Crippen LogP contribution >= 0.6 is 11.3 Å². The van der Waals surface area contributed by atoms with Crippen LogP contribution in [0.4, 0.5) is 8.78 Å². The molecule has 0 radical (unpaired) electrons. The van der Waals surface area contributed by atoms with Gasteiger partial charge in [0.1, 0.15) is 5.82 Å². The quantitative estimate of drug-likeness (QED) is 0.430. The zero-order valence-electron chi connectivity index (χ0n) is 16.2. The Hall–Kier alpha value is -3.39. The van der Waals surface area contributed by atoms with E-state index in [1.165, 1.54) is 17.0 Å². The molecule has 3 heterocycles. The summed E-state index contributed by atoms with van der Waals surface area (Å²) in [5, 5.41) is 1.15. The zero-order chi connectivity index (χ0) is 21.0. The molecule has 8 heteroatoms. The molecule has 5 rings (SSSR count). The molecule has 0 saturated heterocycles. The highest BCUT2D eigenvalue weighted by molar-refractivity contribution is 7.19. The highest BCUT2D eigenvalue weighted by Gasteiger charge is 2.19. The van der Waals surface area contributed by atoms with Crippen LogP contribution in [0.25, 0.3) is 26.9 Å². The number of thiophene rings is 1. The maximum absolute atomic E-state index is 13.9. The second-order valence-electron chi connectivity index (χ2n) is 7.12. The summed E-state index contributed by atoms with van der Waals surface area (Å²) >= 11 is 1.63. The molecule has 0 amide bonds. The lowest BCUT2D eigenvalue weighted by molar-refractivity contribution is 0.507. The first kappa shape index (κ1) is 18.6. The minimum atomic E-state index is -1.02. The topological polar surface area (TPSA) is 52.7 Å². The van der Waals surface area contributed by atoms with Gasteiger partial charge in [-0.1, -0.05) is 18.2 Å². The number of rotatable bonds is 3. The summed E-state index contributed by atoms with van der Waals surface area (Å²) in [7, 11) is 1.76. The molecule has 0 saturated carbocycles. The molecule has 3 aromatic heterocycles. The third-order valence-electron chi connectivity index (χ3n) is 5.23. The van der Waals surface area contributed by atoms with Crippen LogP contribution < -0.4 is 5.56 Å². The minimum absolute atomic E-state index is 0.180. The molecule has 0 fully saturated rings. The molecule has 0 bridgehead atoms. The predicted octanol–water partition coefficient (Wildman–Crippen LogP) is 4.51. The summed E-state index contributed by atoms with van der Waals surface area (Å²) in [6.07, 6.45) is 1.89. The standard InChI is InChI=1S/C22H16F2N4OS/c1-12-14-5-3-4-6-17(14)30-18(12)10-19-26-21-20(25-11-27(21)2)22(29)28(19)13-7-8-15(23)16(24)9-13/h3-9,11H,10H2,1-2H3. The highest BCUT2D eigenvalue weighted by Crippen LogP contribution is 2.32. The minimum Gasteiger partial charge on any atom is -0.318 e. The van der Waals surface area contributed by atoms with E-state index in [0.717, 1.165) is 32.7 Å². The van der Waals surface area contributed by atoms with E-state index in [9.17, 15) is 13.6 Å². The smallest absolute Gasteiger partial charge is 0.286 e. The highest BCUT2D eigenvalue weighted by atomic mass is 32.1. The van der Waals surface area contributed by atoms with Crippen molar-refractivity contribution in [2.24, 2.45) is 7.05 Å². The van der Waals surface area contributed by atoms with Crippen LogP contribution in [0.2, 0.25) is 0 Å². The lowest BCUT2D eigenvalue weighted by Gasteiger charge is -2.13. The number of aryl methyl sites for hydroxylation is 2. The number of halogens is 2. The van der Waals surface area contributed by atoms with Gasteiger partial charge in [0.25, 0.3) is 5.56 Å². The summed E-state index contributed by atoms with van der Waals surface area (Å²) < 4.78 is 31.6. The Morgan fingerprint density at radius 3 is 2.67 bits per heavy atom. The van der Waals surface area contributed by atoms with Crippen molar-refractivity contribution in [2.45, 2.75) is 13.3 Å². The zero-order valence-corrected chi connectivity index (χ0v) is 17.0. The maximum Gasteiger partial charge on any atom is 0.286 e. The van der Waals surface area contributed by atoms with Gasteiger partial charge in [-0.25, -0.2) is 18.7 Å². The van der Waals surface area contributed by atoms with Crippen LogP contribution in [0, 0.1) is 18.6 Å². The van der Waals surface area contributed by atoms with Crippen LogP contribution in [0.1, 0.15) is 16.3 Å². The van der Waals surface area contributed by atoms with Crippen molar-refractivity contribution in [3.63, 3.8) is 0 Å². The average Bonchev–Trinajstić information content (AvgIpc) is 3.25.